The number of benzene rings is 1. The van der Waals surface area contributed by atoms with Crippen molar-refractivity contribution in [3.63, 3.8) is 0 Å². The highest BCUT2D eigenvalue weighted by Crippen LogP contribution is 2.50. The summed E-state index contributed by atoms with van der Waals surface area (Å²) < 4.78 is 10.6. The molecule has 0 bridgehead atoms. The van der Waals surface area contributed by atoms with Crippen molar-refractivity contribution in [1.29, 1.82) is 0 Å². The number of carbonyl (C=O) groups excluding carboxylic acids is 2. The van der Waals surface area contributed by atoms with Crippen LogP contribution in [0.1, 0.15) is 36.0 Å². The van der Waals surface area contributed by atoms with E-state index in [0.717, 1.165) is 12.8 Å². The minimum absolute atomic E-state index is 0.125. The van der Waals surface area contributed by atoms with Gasteiger partial charge in [0.25, 0.3) is 6.29 Å². The second-order valence-electron chi connectivity index (χ2n) is 6.85. The van der Waals surface area contributed by atoms with E-state index in [1.165, 1.54) is 23.0 Å². The molecule has 0 saturated heterocycles. The number of hydrogen-bond acceptors (Lipinski definition) is 4. The van der Waals surface area contributed by atoms with Gasteiger partial charge in [0.05, 0.1) is 6.26 Å². The van der Waals surface area contributed by atoms with Crippen LogP contribution in [0.5, 0.6) is 0 Å². The Morgan fingerprint density at radius 2 is 2.12 bits per heavy atom. The zero-order chi connectivity index (χ0) is 17.6. The lowest BCUT2D eigenvalue weighted by molar-refractivity contribution is -0.152. The van der Waals surface area contributed by atoms with Crippen molar-refractivity contribution in [2.45, 2.75) is 38.4 Å². The Kier molecular flexibility index (Phi) is 3.83. The molecular formula is C21H20O4. The van der Waals surface area contributed by atoms with Crippen molar-refractivity contribution >= 4 is 11.8 Å². The van der Waals surface area contributed by atoms with Gasteiger partial charge in [-0.15, -0.1) is 6.58 Å². The molecule has 0 unspecified atom stereocenters. The van der Waals surface area contributed by atoms with Gasteiger partial charge in [-0.3, -0.25) is 4.79 Å². The van der Waals surface area contributed by atoms with Crippen LogP contribution in [0.25, 0.3) is 0 Å². The van der Waals surface area contributed by atoms with Gasteiger partial charge >= 0.3 is 5.97 Å². The van der Waals surface area contributed by atoms with E-state index in [9.17, 15) is 9.59 Å². The maximum atomic E-state index is 12.5. The summed E-state index contributed by atoms with van der Waals surface area (Å²) in [5.41, 5.74) is 5.15. The molecule has 4 nitrogen and oxygen atoms in total. The number of rotatable bonds is 4. The molecule has 3 atom stereocenters. The fourth-order valence-corrected chi connectivity index (χ4v) is 4.14. The predicted molar refractivity (Wildman–Crippen MR) is 92.7 cm³/mol. The molecule has 0 aromatic heterocycles. The molecule has 0 amide bonds. The summed E-state index contributed by atoms with van der Waals surface area (Å²) in [6.07, 6.45) is 6.54. The van der Waals surface area contributed by atoms with Crippen molar-refractivity contribution in [2.24, 2.45) is 5.92 Å². The molecule has 0 N–H and O–H groups in total. The molecule has 25 heavy (non-hydrogen) atoms. The summed E-state index contributed by atoms with van der Waals surface area (Å²) in [5, 5.41) is 0. The lowest BCUT2D eigenvalue weighted by Gasteiger charge is -2.12. The van der Waals surface area contributed by atoms with Crippen molar-refractivity contribution in [3.8, 4) is 0 Å². The van der Waals surface area contributed by atoms with Crippen LogP contribution in [-0.2, 0) is 31.9 Å². The number of hydrogen-bond donors (Lipinski definition) is 0. The second-order valence-corrected chi connectivity index (χ2v) is 6.85. The van der Waals surface area contributed by atoms with E-state index < -0.39 is 6.29 Å². The molecular weight excluding hydrogens is 316 g/mol. The van der Waals surface area contributed by atoms with Crippen LogP contribution in [0.2, 0.25) is 0 Å². The first-order chi connectivity index (χ1) is 12.1. The number of cyclic esters (lactones) is 1. The van der Waals surface area contributed by atoms with Crippen molar-refractivity contribution < 1.29 is 19.1 Å². The number of allylic oxidation sites excluding steroid dienone is 2. The van der Waals surface area contributed by atoms with Crippen LogP contribution in [0.15, 0.2) is 54.3 Å². The molecule has 4 rings (SSSR count). The van der Waals surface area contributed by atoms with Crippen LogP contribution in [0, 0.1) is 5.92 Å². The van der Waals surface area contributed by atoms with Crippen LogP contribution in [0.4, 0.5) is 0 Å². The second kappa shape index (κ2) is 6.03. The Balaban J connectivity index is 1.58. The first-order valence-corrected chi connectivity index (χ1v) is 8.58. The largest absolute Gasteiger partial charge is 0.458 e. The Morgan fingerprint density at radius 3 is 2.84 bits per heavy atom. The summed E-state index contributed by atoms with van der Waals surface area (Å²) >= 11 is 0. The van der Waals surface area contributed by atoms with E-state index in [-0.39, 0.29) is 23.6 Å². The normalized spacial score (nSPS) is 28.6. The molecule has 0 radical (unpaired) electrons. The van der Waals surface area contributed by atoms with E-state index in [0.29, 0.717) is 17.6 Å². The summed E-state index contributed by atoms with van der Waals surface area (Å²) in [4.78, 5) is 23.9. The molecule has 1 heterocycles. The molecule has 1 saturated carbocycles. The third-order valence-corrected chi connectivity index (χ3v) is 5.37. The zero-order valence-corrected chi connectivity index (χ0v) is 14.2. The molecule has 4 heteroatoms. The number of ketones is 1. The van der Waals surface area contributed by atoms with Crippen LogP contribution in [-0.4, -0.2) is 18.0 Å². The standard InChI is InChI=1S/C21H20O4/c1-3-5-13-6-4-7-14-15(13)9-16-17(14)10-19(22)18(16)11-24-20-8-12(2)21(23)25-20/h3-4,6-8,11,16-17,20H,1,5,9-10H2,2H3/b18-11+/t16-,17+,20+/m0/s1. The number of Topliss-reactive ketones (excluding diaryl/α,β-unsaturated/α-hetero) is 1. The summed E-state index contributed by atoms with van der Waals surface area (Å²) in [7, 11) is 0. The topological polar surface area (TPSA) is 52.6 Å². The lowest BCUT2D eigenvalue weighted by atomic mass is 9.94. The van der Waals surface area contributed by atoms with E-state index in [1.54, 1.807) is 13.0 Å². The van der Waals surface area contributed by atoms with E-state index >= 15 is 0 Å². The maximum absolute atomic E-state index is 12.5. The SMILES string of the molecule is C=CCc1cccc2c1C[C@@H]1/C(=C\O[C@H]3C=C(C)C(=O)O3)C(=O)C[C@H]21. The Bertz CT molecular complexity index is 830. The van der Waals surface area contributed by atoms with Crippen LogP contribution < -0.4 is 0 Å². The van der Waals surface area contributed by atoms with Crippen LogP contribution in [0.3, 0.4) is 0 Å². The van der Waals surface area contributed by atoms with E-state index in [4.69, 9.17) is 9.47 Å². The smallest absolute Gasteiger partial charge is 0.336 e. The van der Waals surface area contributed by atoms with Crippen molar-refractivity contribution in [3.05, 3.63) is 71.0 Å². The van der Waals surface area contributed by atoms with E-state index in [2.05, 4.69) is 24.8 Å². The third kappa shape index (κ3) is 2.62. The molecule has 1 aromatic rings. The summed E-state index contributed by atoms with van der Waals surface area (Å²) in [6, 6.07) is 6.33. The minimum atomic E-state index is -0.730. The summed E-state index contributed by atoms with van der Waals surface area (Å²) in [5.74, 6) is 0.127. The van der Waals surface area contributed by atoms with Gasteiger partial charge in [0.1, 0.15) is 0 Å². The summed E-state index contributed by atoms with van der Waals surface area (Å²) in [6.45, 7) is 5.52. The lowest BCUT2D eigenvalue weighted by Crippen LogP contribution is -2.12. The van der Waals surface area contributed by atoms with Gasteiger partial charge in [-0.2, -0.15) is 0 Å². The van der Waals surface area contributed by atoms with Gasteiger partial charge in [0.2, 0.25) is 0 Å². The minimum Gasteiger partial charge on any atom is -0.458 e. The number of esters is 1. The van der Waals surface area contributed by atoms with Gasteiger partial charge in [-0.25, -0.2) is 4.79 Å². The van der Waals surface area contributed by atoms with Gasteiger partial charge in [0, 0.05) is 29.6 Å². The van der Waals surface area contributed by atoms with Crippen molar-refractivity contribution in [2.75, 3.05) is 0 Å². The zero-order valence-electron chi connectivity index (χ0n) is 14.2. The molecule has 1 fully saturated rings. The average Bonchev–Trinajstić information content (AvgIpc) is 3.19. The molecule has 3 aliphatic rings. The molecule has 1 aliphatic heterocycles. The maximum Gasteiger partial charge on any atom is 0.336 e. The molecule has 128 valence electrons. The van der Waals surface area contributed by atoms with Crippen molar-refractivity contribution in [1.82, 2.24) is 0 Å². The highest BCUT2D eigenvalue weighted by atomic mass is 16.7. The number of carbonyl (C=O) groups is 2. The molecule has 2 aliphatic carbocycles. The molecule has 1 aromatic carbocycles. The van der Waals surface area contributed by atoms with Gasteiger partial charge in [0.15, 0.2) is 5.78 Å². The van der Waals surface area contributed by atoms with Gasteiger partial charge in [-0.1, -0.05) is 24.3 Å². The molecule has 0 spiro atoms. The van der Waals surface area contributed by atoms with Crippen LogP contribution >= 0.6 is 0 Å². The van der Waals surface area contributed by atoms with Gasteiger partial charge in [-0.05, 0) is 42.4 Å². The predicted octanol–water partition coefficient (Wildman–Crippen LogP) is 3.37. The third-order valence-electron chi connectivity index (χ3n) is 5.37. The van der Waals surface area contributed by atoms with E-state index in [1.807, 2.05) is 6.08 Å². The quantitative estimate of drug-likeness (QED) is 0.366. The fourth-order valence-electron chi connectivity index (χ4n) is 4.14. The highest BCUT2D eigenvalue weighted by molar-refractivity contribution is 5.99. The monoisotopic (exact) mass is 336 g/mol. The first-order valence-electron chi connectivity index (χ1n) is 8.58. The Labute approximate surface area is 146 Å². The average molecular weight is 336 g/mol. The number of ether oxygens (including phenoxy) is 2. The van der Waals surface area contributed by atoms with Gasteiger partial charge < -0.3 is 9.47 Å². The first kappa shape index (κ1) is 15.9. The Hall–Kier alpha value is -2.62. The highest BCUT2D eigenvalue weighted by Gasteiger charge is 2.44. The Morgan fingerprint density at radius 1 is 1.28 bits per heavy atom. The fraction of sp³-hybridized carbons (Fsp3) is 0.333. The number of fused-ring (bicyclic) bond motifs is 3.